The lowest BCUT2D eigenvalue weighted by atomic mass is 10.2. The molecule has 0 aromatic carbocycles. The monoisotopic (exact) mass is 250 g/mol. The van der Waals surface area contributed by atoms with Crippen LogP contribution in [0.1, 0.15) is 36.2 Å². The maximum Gasteiger partial charge on any atom is 0.162 e. The predicted molar refractivity (Wildman–Crippen MR) is 71.4 cm³/mol. The fraction of sp³-hybridized carbons (Fsp3) is 0.462. The maximum atomic E-state index is 5.73. The Morgan fingerprint density at radius 2 is 2.24 bits per heavy atom. The van der Waals surface area contributed by atoms with E-state index in [0.717, 1.165) is 28.6 Å². The quantitative estimate of drug-likeness (QED) is 0.901. The van der Waals surface area contributed by atoms with Crippen molar-refractivity contribution in [2.24, 2.45) is 0 Å². The number of nitrogens with zero attached hydrogens (tertiary/aromatic N) is 1. The molecule has 1 unspecified atom stereocenters. The van der Waals surface area contributed by atoms with Gasteiger partial charge in [0, 0.05) is 17.3 Å². The van der Waals surface area contributed by atoms with E-state index in [4.69, 9.17) is 4.42 Å². The molecule has 2 aromatic rings. The molecule has 1 atom stereocenters. The van der Waals surface area contributed by atoms with E-state index in [9.17, 15) is 0 Å². The van der Waals surface area contributed by atoms with Gasteiger partial charge in [0.25, 0.3) is 0 Å². The summed E-state index contributed by atoms with van der Waals surface area (Å²) < 4.78 is 5.73. The Labute approximate surface area is 106 Å². The average molecular weight is 250 g/mol. The number of hydrogen-bond acceptors (Lipinski definition) is 4. The van der Waals surface area contributed by atoms with E-state index >= 15 is 0 Å². The first-order chi connectivity index (χ1) is 8.15. The number of furan rings is 1. The molecule has 2 aromatic heterocycles. The molecule has 2 rings (SSSR count). The molecule has 0 spiro atoms. The highest BCUT2D eigenvalue weighted by Gasteiger charge is 2.15. The van der Waals surface area contributed by atoms with Gasteiger partial charge in [0.05, 0.1) is 5.69 Å². The van der Waals surface area contributed by atoms with Crippen LogP contribution in [0.4, 0.5) is 0 Å². The van der Waals surface area contributed by atoms with Gasteiger partial charge in [0.15, 0.2) is 10.8 Å². The summed E-state index contributed by atoms with van der Waals surface area (Å²) in [6, 6.07) is 4.36. The molecule has 1 N–H and O–H groups in total. The van der Waals surface area contributed by atoms with Gasteiger partial charge in [-0.15, -0.1) is 11.3 Å². The van der Waals surface area contributed by atoms with Gasteiger partial charge in [0.2, 0.25) is 0 Å². The van der Waals surface area contributed by atoms with Crippen LogP contribution in [0.5, 0.6) is 0 Å². The number of aromatic nitrogens is 1. The summed E-state index contributed by atoms with van der Waals surface area (Å²) >= 11 is 1.70. The molecule has 0 saturated carbocycles. The second-order valence-corrected chi connectivity index (χ2v) is 5.13. The van der Waals surface area contributed by atoms with Crippen LogP contribution in [0.3, 0.4) is 0 Å². The maximum absolute atomic E-state index is 5.73. The molecule has 0 bridgehead atoms. The molecule has 2 heterocycles. The summed E-state index contributed by atoms with van der Waals surface area (Å²) in [5.41, 5.74) is 1.08. The number of thiazole rings is 1. The first-order valence-electron chi connectivity index (χ1n) is 5.89. The summed E-state index contributed by atoms with van der Waals surface area (Å²) in [7, 11) is 1.96. The highest BCUT2D eigenvalue weighted by atomic mass is 32.1. The largest absolute Gasteiger partial charge is 0.459 e. The van der Waals surface area contributed by atoms with E-state index in [2.05, 4.69) is 24.1 Å². The van der Waals surface area contributed by atoms with Gasteiger partial charge in [-0.05, 0) is 33.0 Å². The van der Waals surface area contributed by atoms with Crippen molar-refractivity contribution in [3.05, 3.63) is 28.5 Å². The van der Waals surface area contributed by atoms with Crippen LogP contribution in [0.15, 0.2) is 16.5 Å². The van der Waals surface area contributed by atoms with Gasteiger partial charge in [0.1, 0.15) is 5.76 Å². The second kappa shape index (κ2) is 5.02. The van der Waals surface area contributed by atoms with Crippen LogP contribution >= 0.6 is 11.3 Å². The molecule has 4 heteroatoms. The fourth-order valence-electron chi connectivity index (χ4n) is 1.73. The lowest BCUT2D eigenvalue weighted by Crippen LogP contribution is -2.11. The van der Waals surface area contributed by atoms with E-state index in [1.165, 1.54) is 4.88 Å². The van der Waals surface area contributed by atoms with Crippen molar-refractivity contribution in [2.75, 3.05) is 7.05 Å². The summed E-state index contributed by atoms with van der Waals surface area (Å²) in [5, 5.41) is 4.21. The van der Waals surface area contributed by atoms with Crippen LogP contribution in [-0.2, 0) is 6.42 Å². The third-order valence-electron chi connectivity index (χ3n) is 2.88. The molecule has 92 valence electrons. The van der Waals surface area contributed by atoms with Crippen molar-refractivity contribution in [3.8, 4) is 10.8 Å². The summed E-state index contributed by atoms with van der Waals surface area (Å²) in [6.45, 7) is 6.28. The zero-order chi connectivity index (χ0) is 12.4. The van der Waals surface area contributed by atoms with E-state index in [0.29, 0.717) is 6.04 Å². The first kappa shape index (κ1) is 12.3. The van der Waals surface area contributed by atoms with Crippen LogP contribution in [0, 0.1) is 6.92 Å². The lowest BCUT2D eigenvalue weighted by Gasteiger charge is -2.06. The smallest absolute Gasteiger partial charge is 0.162 e. The topological polar surface area (TPSA) is 38.1 Å². The molecule has 0 radical (unpaired) electrons. The summed E-state index contributed by atoms with van der Waals surface area (Å²) in [4.78, 5) is 5.86. The molecule has 17 heavy (non-hydrogen) atoms. The normalized spacial score (nSPS) is 12.9. The fourth-order valence-corrected chi connectivity index (χ4v) is 2.82. The Bertz CT molecular complexity index is 501. The third-order valence-corrected chi connectivity index (χ3v) is 4.23. The molecule has 0 amide bonds. The SMILES string of the molecule is CCc1ccc(-c2nc(C)c(C(C)NC)s2)o1. The van der Waals surface area contributed by atoms with E-state index in [1.807, 2.05) is 26.1 Å². The molecule has 3 nitrogen and oxygen atoms in total. The van der Waals surface area contributed by atoms with E-state index < -0.39 is 0 Å². The van der Waals surface area contributed by atoms with E-state index in [-0.39, 0.29) is 0 Å². The minimum absolute atomic E-state index is 0.335. The Morgan fingerprint density at radius 3 is 2.82 bits per heavy atom. The molecule has 0 aliphatic rings. The van der Waals surface area contributed by atoms with Gasteiger partial charge in [-0.25, -0.2) is 4.98 Å². The minimum atomic E-state index is 0.335. The standard InChI is InChI=1S/C13H18N2OS/c1-5-10-6-7-11(16-10)13-15-9(3)12(17-13)8(2)14-4/h6-8,14H,5H2,1-4H3. The zero-order valence-electron chi connectivity index (χ0n) is 10.7. The Kier molecular flexibility index (Phi) is 3.64. The Hall–Kier alpha value is -1.13. The number of aryl methyl sites for hydroxylation is 2. The number of rotatable bonds is 4. The number of nitrogens with one attached hydrogen (secondary N) is 1. The molecular weight excluding hydrogens is 232 g/mol. The van der Waals surface area contributed by atoms with Crippen LogP contribution < -0.4 is 5.32 Å². The molecule has 0 aliphatic carbocycles. The van der Waals surface area contributed by atoms with Crippen LogP contribution in [-0.4, -0.2) is 12.0 Å². The predicted octanol–water partition coefficient (Wildman–Crippen LogP) is 3.55. The number of hydrogen-bond donors (Lipinski definition) is 1. The zero-order valence-corrected chi connectivity index (χ0v) is 11.5. The van der Waals surface area contributed by atoms with Gasteiger partial charge in [-0.3, -0.25) is 0 Å². The van der Waals surface area contributed by atoms with Crippen molar-refractivity contribution < 1.29 is 4.42 Å². The third kappa shape index (κ3) is 2.42. The Morgan fingerprint density at radius 1 is 1.47 bits per heavy atom. The van der Waals surface area contributed by atoms with Gasteiger partial charge < -0.3 is 9.73 Å². The van der Waals surface area contributed by atoms with Crippen LogP contribution in [0.2, 0.25) is 0 Å². The Balaban J connectivity index is 2.33. The molecular formula is C13H18N2OS. The summed E-state index contributed by atoms with van der Waals surface area (Å²) in [6.07, 6.45) is 0.921. The van der Waals surface area contributed by atoms with Crippen molar-refractivity contribution in [2.45, 2.75) is 33.2 Å². The van der Waals surface area contributed by atoms with Crippen molar-refractivity contribution in [3.63, 3.8) is 0 Å². The first-order valence-corrected chi connectivity index (χ1v) is 6.71. The van der Waals surface area contributed by atoms with E-state index in [1.54, 1.807) is 11.3 Å². The molecule has 0 saturated heterocycles. The van der Waals surface area contributed by atoms with Crippen molar-refractivity contribution in [1.29, 1.82) is 0 Å². The van der Waals surface area contributed by atoms with Gasteiger partial charge >= 0.3 is 0 Å². The highest BCUT2D eigenvalue weighted by Crippen LogP contribution is 2.32. The van der Waals surface area contributed by atoms with Crippen molar-refractivity contribution >= 4 is 11.3 Å². The lowest BCUT2D eigenvalue weighted by molar-refractivity contribution is 0.529. The van der Waals surface area contributed by atoms with Crippen LogP contribution in [0.25, 0.3) is 10.8 Å². The minimum Gasteiger partial charge on any atom is -0.459 e. The average Bonchev–Trinajstić information content (AvgIpc) is 2.94. The van der Waals surface area contributed by atoms with Gasteiger partial charge in [-0.1, -0.05) is 6.92 Å². The summed E-state index contributed by atoms with van der Waals surface area (Å²) in [5.74, 6) is 1.89. The highest BCUT2D eigenvalue weighted by molar-refractivity contribution is 7.15. The second-order valence-electron chi connectivity index (χ2n) is 4.10. The molecule has 0 fully saturated rings. The molecule has 0 aliphatic heterocycles. The van der Waals surface area contributed by atoms with Crippen molar-refractivity contribution in [1.82, 2.24) is 10.3 Å². The van der Waals surface area contributed by atoms with Gasteiger partial charge in [-0.2, -0.15) is 0 Å².